The topological polar surface area (TPSA) is 38.7 Å². The molecule has 3 unspecified atom stereocenters. The summed E-state index contributed by atoms with van der Waals surface area (Å²) in [5.41, 5.74) is -0.111. The third kappa shape index (κ3) is 5.84. The number of aliphatic hydroxyl groups excluding tert-OH is 1. The largest absolute Gasteiger partial charge is 0.390 e. The van der Waals surface area contributed by atoms with Crippen LogP contribution >= 0.6 is 0 Å². The van der Waals surface area contributed by atoms with Gasteiger partial charge in [0.05, 0.1) is 31.0 Å². The van der Waals surface area contributed by atoms with Gasteiger partial charge >= 0.3 is 0 Å². The molecule has 1 N–H and O–H groups in total. The van der Waals surface area contributed by atoms with Crippen molar-refractivity contribution in [2.24, 2.45) is 5.92 Å². The second-order valence-corrected chi connectivity index (χ2v) is 6.02. The quantitative estimate of drug-likeness (QED) is 0.756. The maximum atomic E-state index is 9.88. The summed E-state index contributed by atoms with van der Waals surface area (Å²) in [4.78, 5) is 0. The number of hydrogen-bond acceptors (Lipinski definition) is 3. The standard InChI is InChI=1S/C14H28O3/c1-5-11-6-7-12(15)13(10-11)16-8-9-17-14(2,3)4/h11-13,15H,5-10H2,1-4H3. The molecule has 3 nitrogen and oxygen atoms in total. The lowest BCUT2D eigenvalue weighted by Gasteiger charge is -2.33. The average Bonchev–Trinajstić information content (AvgIpc) is 2.25. The molecule has 0 aliphatic heterocycles. The van der Waals surface area contributed by atoms with Gasteiger partial charge in [-0.15, -0.1) is 0 Å². The zero-order valence-corrected chi connectivity index (χ0v) is 11.7. The van der Waals surface area contributed by atoms with E-state index in [1.807, 2.05) is 20.8 Å². The fourth-order valence-corrected chi connectivity index (χ4v) is 2.29. The van der Waals surface area contributed by atoms with Crippen molar-refractivity contribution in [1.82, 2.24) is 0 Å². The molecule has 3 heteroatoms. The lowest BCUT2D eigenvalue weighted by molar-refractivity contribution is -0.100. The molecule has 0 aromatic carbocycles. The second-order valence-electron chi connectivity index (χ2n) is 6.02. The SMILES string of the molecule is CCC1CCC(O)C(OCCOC(C)(C)C)C1. The summed E-state index contributed by atoms with van der Waals surface area (Å²) in [5, 5.41) is 9.88. The Morgan fingerprint density at radius 3 is 2.47 bits per heavy atom. The van der Waals surface area contributed by atoms with Crippen LogP contribution in [0.1, 0.15) is 53.4 Å². The number of aliphatic hydroxyl groups is 1. The monoisotopic (exact) mass is 244 g/mol. The van der Waals surface area contributed by atoms with Gasteiger partial charge in [-0.2, -0.15) is 0 Å². The van der Waals surface area contributed by atoms with Crippen molar-refractivity contribution in [3.8, 4) is 0 Å². The van der Waals surface area contributed by atoms with Gasteiger partial charge < -0.3 is 14.6 Å². The van der Waals surface area contributed by atoms with Crippen molar-refractivity contribution in [2.45, 2.75) is 71.2 Å². The molecular weight excluding hydrogens is 216 g/mol. The Balaban J connectivity index is 2.20. The Kier molecular flexibility index (Phi) is 5.90. The molecule has 102 valence electrons. The first-order chi connectivity index (χ1) is 7.92. The van der Waals surface area contributed by atoms with E-state index < -0.39 is 0 Å². The van der Waals surface area contributed by atoms with Crippen molar-refractivity contribution in [3.05, 3.63) is 0 Å². The summed E-state index contributed by atoms with van der Waals surface area (Å²) in [6.07, 6.45) is 3.92. The fourth-order valence-electron chi connectivity index (χ4n) is 2.29. The van der Waals surface area contributed by atoms with Gasteiger partial charge in [-0.25, -0.2) is 0 Å². The smallest absolute Gasteiger partial charge is 0.0837 e. The van der Waals surface area contributed by atoms with E-state index in [1.165, 1.54) is 6.42 Å². The van der Waals surface area contributed by atoms with Gasteiger partial charge in [0.25, 0.3) is 0 Å². The number of hydrogen-bond donors (Lipinski definition) is 1. The van der Waals surface area contributed by atoms with Crippen molar-refractivity contribution in [2.75, 3.05) is 13.2 Å². The summed E-state index contributed by atoms with van der Waals surface area (Å²) in [6, 6.07) is 0. The van der Waals surface area contributed by atoms with Crippen molar-refractivity contribution in [3.63, 3.8) is 0 Å². The molecular formula is C14H28O3. The van der Waals surface area contributed by atoms with E-state index >= 15 is 0 Å². The van der Waals surface area contributed by atoms with Gasteiger partial charge in [-0.1, -0.05) is 13.3 Å². The Hall–Kier alpha value is -0.120. The van der Waals surface area contributed by atoms with Crippen LogP contribution in [0.15, 0.2) is 0 Å². The van der Waals surface area contributed by atoms with E-state index in [2.05, 4.69) is 6.92 Å². The molecule has 0 heterocycles. The van der Waals surface area contributed by atoms with E-state index in [0.717, 1.165) is 19.3 Å². The first-order valence-corrected chi connectivity index (χ1v) is 6.86. The molecule has 0 saturated heterocycles. The number of ether oxygens (including phenoxy) is 2. The molecule has 1 aliphatic rings. The second kappa shape index (κ2) is 6.72. The lowest BCUT2D eigenvalue weighted by atomic mass is 9.84. The zero-order valence-electron chi connectivity index (χ0n) is 11.7. The molecule has 0 spiro atoms. The Bertz CT molecular complexity index is 210. The van der Waals surface area contributed by atoms with Gasteiger partial charge in [-0.3, -0.25) is 0 Å². The first kappa shape index (κ1) is 14.9. The molecule has 0 bridgehead atoms. The van der Waals surface area contributed by atoms with Crippen LogP contribution in [0.4, 0.5) is 0 Å². The van der Waals surface area contributed by atoms with Crippen molar-refractivity contribution < 1.29 is 14.6 Å². The van der Waals surface area contributed by atoms with Crippen molar-refractivity contribution >= 4 is 0 Å². The molecule has 0 amide bonds. The summed E-state index contributed by atoms with van der Waals surface area (Å²) in [6.45, 7) is 9.50. The zero-order chi connectivity index (χ0) is 12.9. The maximum Gasteiger partial charge on any atom is 0.0837 e. The van der Waals surface area contributed by atoms with E-state index in [1.54, 1.807) is 0 Å². The van der Waals surface area contributed by atoms with E-state index in [9.17, 15) is 5.11 Å². The third-order valence-electron chi connectivity index (χ3n) is 3.39. The minimum Gasteiger partial charge on any atom is -0.390 e. The highest BCUT2D eigenvalue weighted by molar-refractivity contribution is 4.79. The Morgan fingerprint density at radius 1 is 1.18 bits per heavy atom. The van der Waals surface area contributed by atoms with E-state index in [-0.39, 0.29) is 17.8 Å². The molecule has 3 atom stereocenters. The average molecular weight is 244 g/mol. The van der Waals surface area contributed by atoms with Crippen LogP contribution in [-0.2, 0) is 9.47 Å². The van der Waals surface area contributed by atoms with Crippen LogP contribution in [0.25, 0.3) is 0 Å². The highest BCUT2D eigenvalue weighted by atomic mass is 16.5. The molecule has 0 radical (unpaired) electrons. The molecule has 1 fully saturated rings. The van der Waals surface area contributed by atoms with Crippen molar-refractivity contribution in [1.29, 1.82) is 0 Å². The van der Waals surface area contributed by atoms with Crippen LogP contribution in [-0.4, -0.2) is 36.1 Å². The minimum absolute atomic E-state index is 0.0114. The molecule has 1 aliphatic carbocycles. The molecule has 17 heavy (non-hydrogen) atoms. The summed E-state index contributed by atoms with van der Waals surface area (Å²) in [5.74, 6) is 0.715. The first-order valence-electron chi connectivity index (χ1n) is 6.86. The van der Waals surface area contributed by atoms with Crippen LogP contribution in [0.2, 0.25) is 0 Å². The van der Waals surface area contributed by atoms with Crippen LogP contribution < -0.4 is 0 Å². The van der Waals surface area contributed by atoms with E-state index in [0.29, 0.717) is 19.1 Å². The summed E-state index contributed by atoms with van der Waals surface area (Å²) in [7, 11) is 0. The maximum absolute atomic E-state index is 9.88. The molecule has 0 aromatic rings. The van der Waals surface area contributed by atoms with Crippen LogP contribution in [0.5, 0.6) is 0 Å². The lowest BCUT2D eigenvalue weighted by Crippen LogP contribution is -2.37. The predicted molar refractivity (Wildman–Crippen MR) is 69.1 cm³/mol. The van der Waals surface area contributed by atoms with Gasteiger partial charge in [0.1, 0.15) is 0 Å². The Morgan fingerprint density at radius 2 is 1.88 bits per heavy atom. The molecule has 0 aromatic heterocycles. The fraction of sp³-hybridized carbons (Fsp3) is 1.00. The highest BCUT2D eigenvalue weighted by Gasteiger charge is 2.28. The van der Waals surface area contributed by atoms with Gasteiger partial charge in [0.2, 0.25) is 0 Å². The summed E-state index contributed by atoms with van der Waals surface area (Å²) < 4.78 is 11.3. The summed E-state index contributed by atoms with van der Waals surface area (Å²) >= 11 is 0. The normalized spacial score (nSPS) is 30.5. The predicted octanol–water partition coefficient (Wildman–Crippen LogP) is 2.76. The van der Waals surface area contributed by atoms with Gasteiger partial charge in [0.15, 0.2) is 0 Å². The molecule has 1 saturated carbocycles. The minimum atomic E-state index is -0.285. The van der Waals surface area contributed by atoms with Gasteiger partial charge in [0, 0.05) is 0 Å². The van der Waals surface area contributed by atoms with Crippen LogP contribution in [0.3, 0.4) is 0 Å². The Labute approximate surface area is 105 Å². The molecule has 1 rings (SSSR count). The third-order valence-corrected chi connectivity index (χ3v) is 3.39. The van der Waals surface area contributed by atoms with Crippen LogP contribution in [0, 0.1) is 5.92 Å². The van der Waals surface area contributed by atoms with E-state index in [4.69, 9.17) is 9.47 Å². The number of rotatable bonds is 5. The van der Waals surface area contributed by atoms with Gasteiger partial charge in [-0.05, 0) is 46.0 Å². The highest BCUT2D eigenvalue weighted by Crippen LogP contribution is 2.28.